The van der Waals surface area contributed by atoms with Crippen LogP contribution in [0.15, 0.2) is 36.7 Å². The Bertz CT molecular complexity index is 758. The number of aromatic nitrogens is 2. The molecule has 0 aliphatic carbocycles. The smallest absolute Gasteiger partial charge is 0.290 e. The number of aryl methyl sites for hydroxylation is 1. The second-order valence-corrected chi connectivity index (χ2v) is 5.55. The Hall–Kier alpha value is -3.03. The van der Waals surface area contributed by atoms with Gasteiger partial charge in [0.05, 0.1) is 4.92 Å². The maximum atomic E-state index is 12.4. The molecule has 2 aromatic rings. The van der Waals surface area contributed by atoms with E-state index in [4.69, 9.17) is 0 Å². The highest BCUT2D eigenvalue weighted by Gasteiger charge is 2.23. The molecule has 1 aliphatic rings. The summed E-state index contributed by atoms with van der Waals surface area (Å²) in [6.45, 7) is 4.07. The molecule has 24 heavy (non-hydrogen) atoms. The first-order valence-corrected chi connectivity index (χ1v) is 7.62. The number of carbonyl (C=O) groups is 1. The van der Waals surface area contributed by atoms with E-state index >= 15 is 0 Å². The molecule has 0 saturated carbocycles. The number of carbonyl (C=O) groups excluding carboxylic acids is 1. The lowest BCUT2D eigenvalue weighted by atomic mass is 10.2. The van der Waals surface area contributed by atoms with Gasteiger partial charge in [0.25, 0.3) is 11.6 Å². The molecule has 0 N–H and O–H groups in total. The minimum Gasteiger partial charge on any atom is -0.353 e. The zero-order valence-corrected chi connectivity index (χ0v) is 13.3. The molecule has 3 heterocycles. The van der Waals surface area contributed by atoms with Crippen LogP contribution in [0.25, 0.3) is 0 Å². The molecule has 1 amide bonds. The molecular formula is C16H17N5O3. The monoisotopic (exact) mass is 327 g/mol. The Labute approximate surface area is 138 Å². The first kappa shape index (κ1) is 15.9. The summed E-state index contributed by atoms with van der Waals surface area (Å²) in [7, 11) is 0. The molecule has 0 unspecified atom stereocenters. The summed E-state index contributed by atoms with van der Waals surface area (Å²) in [6, 6.07) is 6.55. The molecule has 0 radical (unpaired) electrons. The quantitative estimate of drug-likeness (QED) is 0.629. The van der Waals surface area contributed by atoms with Crippen LogP contribution in [0.5, 0.6) is 0 Å². The number of nitro groups is 1. The van der Waals surface area contributed by atoms with Gasteiger partial charge in [-0.1, -0.05) is 0 Å². The minimum absolute atomic E-state index is 0.00936. The Kier molecular flexibility index (Phi) is 4.37. The summed E-state index contributed by atoms with van der Waals surface area (Å²) in [4.78, 5) is 34.9. The van der Waals surface area contributed by atoms with Crippen molar-refractivity contribution in [3.8, 4) is 0 Å². The standard InChI is InChI=1S/C16H17N5O3/c1-12-14(21(23)24)2-3-15(18-12)19-8-10-20(11-9-19)16(22)13-4-6-17-7-5-13/h2-7H,8-11H2,1H3. The minimum atomic E-state index is -0.433. The van der Waals surface area contributed by atoms with Crippen LogP contribution in [0.1, 0.15) is 16.1 Å². The summed E-state index contributed by atoms with van der Waals surface area (Å²) >= 11 is 0. The zero-order chi connectivity index (χ0) is 17.1. The van der Waals surface area contributed by atoms with Gasteiger partial charge in [-0.05, 0) is 25.1 Å². The molecule has 8 nitrogen and oxygen atoms in total. The molecule has 8 heteroatoms. The lowest BCUT2D eigenvalue weighted by Crippen LogP contribution is -2.49. The summed E-state index contributed by atoms with van der Waals surface area (Å²) in [5, 5.41) is 10.9. The second-order valence-electron chi connectivity index (χ2n) is 5.55. The predicted octanol–water partition coefficient (Wildman–Crippen LogP) is 1.66. The third-order valence-electron chi connectivity index (χ3n) is 4.06. The van der Waals surface area contributed by atoms with Crippen molar-refractivity contribution in [3.63, 3.8) is 0 Å². The van der Waals surface area contributed by atoms with Crippen LogP contribution in [0.3, 0.4) is 0 Å². The van der Waals surface area contributed by atoms with Crippen molar-refractivity contribution in [1.82, 2.24) is 14.9 Å². The molecule has 1 saturated heterocycles. The number of hydrogen-bond donors (Lipinski definition) is 0. The van der Waals surface area contributed by atoms with E-state index in [-0.39, 0.29) is 11.6 Å². The van der Waals surface area contributed by atoms with Gasteiger partial charge in [-0.15, -0.1) is 0 Å². The van der Waals surface area contributed by atoms with Gasteiger partial charge in [0.1, 0.15) is 11.5 Å². The van der Waals surface area contributed by atoms with Gasteiger partial charge in [0, 0.05) is 50.2 Å². The van der Waals surface area contributed by atoms with Crippen LogP contribution in [0, 0.1) is 17.0 Å². The molecule has 2 aromatic heterocycles. The Balaban J connectivity index is 1.66. The van der Waals surface area contributed by atoms with E-state index in [0.29, 0.717) is 43.3 Å². The van der Waals surface area contributed by atoms with Crippen LogP contribution in [0.2, 0.25) is 0 Å². The highest BCUT2D eigenvalue weighted by molar-refractivity contribution is 5.94. The SMILES string of the molecule is Cc1nc(N2CCN(C(=O)c3ccncc3)CC2)ccc1[N+](=O)[O-]. The number of nitrogens with zero attached hydrogens (tertiary/aromatic N) is 5. The Morgan fingerprint density at radius 3 is 2.38 bits per heavy atom. The van der Waals surface area contributed by atoms with E-state index in [1.807, 2.05) is 4.90 Å². The molecular weight excluding hydrogens is 310 g/mol. The highest BCUT2D eigenvalue weighted by Crippen LogP contribution is 2.21. The first-order valence-electron chi connectivity index (χ1n) is 7.62. The third kappa shape index (κ3) is 3.17. The van der Waals surface area contributed by atoms with Gasteiger partial charge in [-0.2, -0.15) is 0 Å². The lowest BCUT2D eigenvalue weighted by molar-refractivity contribution is -0.385. The largest absolute Gasteiger partial charge is 0.353 e. The maximum absolute atomic E-state index is 12.4. The third-order valence-corrected chi connectivity index (χ3v) is 4.06. The fourth-order valence-electron chi connectivity index (χ4n) is 2.73. The highest BCUT2D eigenvalue weighted by atomic mass is 16.6. The van der Waals surface area contributed by atoms with Crippen LogP contribution < -0.4 is 4.90 Å². The van der Waals surface area contributed by atoms with Crippen molar-refractivity contribution in [1.29, 1.82) is 0 Å². The van der Waals surface area contributed by atoms with Crippen LogP contribution in [0.4, 0.5) is 11.5 Å². The number of pyridine rings is 2. The topological polar surface area (TPSA) is 92.5 Å². The molecule has 0 aromatic carbocycles. The van der Waals surface area contributed by atoms with Crippen molar-refractivity contribution in [2.24, 2.45) is 0 Å². The molecule has 1 aliphatic heterocycles. The van der Waals surface area contributed by atoms with E-state index in [1.54, 1.807) is 42.4 Å². The van der Waals surface area contributed by atoms with Gasteiger partial charge in [0.2, 0.25) is 0 Å². The summed E-state index contributed by atoms with van der Waals surface area (Å²) in [5.74, 6) is 0.694. The van der Waals surface area contributed by atoms with Crippen molar-refractivity contribution < 1.29 is 9.72 Å². The van der Waals surface area contributed by atoms with E-state index in [2.05, 4.69) is 9.97 Å². The number of anilines is 1. The number of piperazine rings is 1. The lowest BCUT2D eigenvalue weighted by Gasteiger charge is -2.35. The average molecular weight is 327 g/mol. The van der Waals surface area contributed by atoms with Crippen LogP contribution >= 0.6 is 0 Å². The summed E-state index contributed by atoms with van der Waals surface area (Å²) in [5.41, 5.74) is 1.04. The van der Waals surface area contributed by atoms with Crippen molar-refractivity contribution in [2.75, 3.05) is 31.1 Å². The van der Waals surface area contributed by atoms with E-state index < -0.39 is 4.92 Å². The molecule has 0 bridgehead atoms. The molecule has 124 valence electrons. The maximum Gasteiger partial charge on any atom is 0.290 e. The van der Waals surface area contributed by atoms with Crippen molar-refractivity contribution >= 4 is 17.4 Å². The van der Waals surface area contributed by atoms with Gasteiger partial charge < -0.3 is 9.80 Å². The number of hydrogen-bond acceptors (Lipinski definition) is 6. The average Bonchev–Trinajstić information content (AvgIpc) is 2.61. The van der Waals surface area contributed by atoms with Gasteiger partial charge in [0.15, 0.2) is 0 Å². The number of amides is 1. The van der Waals surface area contributed by atoms with Gasteiger partial charge in [-0.25, -0.2) is 4.98 Å². The second kappa shape index (κ2) is 6.61. The first-order chi connectivity index (χ1) is 11.6. The van der Waals surface area contributed by atoms with Crippen LogP contribution in [-0.4, -0.2) is 51.9 Å². The predicted molar refractivity (Wildman–Crippen MR) is 88.0 cm³/mol. The molecule has 3 rings (SSSR count). The summed E-state index contributed by atoms with van der Waals surface area (Å²) in [6.07, 6.45) is 3.21. The fraction of sp³-hybridized carbons (Fsp3) is 0.312. The Morgan fingerprint density at radius 1 is 1.12 bits per heavy atom. The summed E-state index contributed by atoms with van der Waals surface area (Å²) < 4.78 is 0. The van der Waals surface area contributed by atoms with Gasteiger partial charge in [-0.3, -0.25) is 19.9 Å². The number of rotatable bonds is 3. The van der Waals surface area contributed by atoms with Crippen molar-refractivity contribution in [3.05, 3.63) is 58.0 Å². The fourth-order valence-corrected chi connectivity index (χ4v) is 2.73. The van der Waals surface area contributed by atoms with Crippen LogP contribution in [-0.2, 0) is 0 Å². The molecule has 0 atom stereocenters. The molecule has 0 spiro atoms. The van der Waals surface area contributed by atoms with E-state index in [0.717, 1.165) is 0 Å². The van der Waals surface area contributed by atoms with E-state index in [9.17, 15) is 14.9 Å². The zero-order valence-electron chi connectivity index (χ0n) is 13.3. The normalized spacial score (nSPS) is 14.5. The molecule has 1 fully saturated rings. The Morgan fingerprint density at radius 2 is 1.79 bits per heavy atom. The van der Waals surface area contributed by atoms with E-state index in [1.165, 1.54) is 6.07 Å². The van der Waals surface area contributed by atoms with Crippen molar-refractivity contribution in [2.45, 2.75) is 6.92 Å². The van der Waals surface area contributed by atoms with Gasteiger partial charge >= 0.3 is 0 Å².